The Balaban J connectivity index is 1.53. The number of hydrogen-bond donors (Lipinski definition) is 1. The minimum Gasteiger partial charge on any atom is -0.343 e. The number of amides is 3. The van der Waals surface area contributed by atoms with Crippen LogP contribution in [0.1, 0.15) is 50.2 Å². The van der Waals surface area contributed by atoms with E-state index < -0.39 is 5.41 Å². The Morgan fingerprint density at radius 2 is 1.72 bits per heavy atom. The molecule has 2 aromatic rings. The van der Waals surface area contributed by atoms with Gasteiger partial charge in [-0.3, -0.25) is 14.4 Å². The molecular weight excluding hydrogens is 402 g/mol. The van der Waals surface area contributed by atoms with Crippen molar-refractivity contribution in [2.75, 3.05) is 25.0 Å². The number of hydrogen-bond acceptors (Lipinski definition) is 3. The third-order valence-electron chi connectivity index (χ3n) is 6.80. The Hall–Kier alpha value is -3.15. The normalized spacial score (nSPS) is 18.3. The summed E-state index contributed by atoms with van der Waals surface area (Å²) in [6, 6.07) is 17.6. The molecule has 0 aliphatic carbocycles. The van der Waals surface area contributed by atoms with Crippen LogP contribution in [0.25, 0.3) is 0 Å². The highest BCUT2D eigenvalue weighted by Gasteiger charge is 2.43. The Morgan fingerprint density at radius 1 is 0.969 bits per heavy atom. The van der Waals surface area contributed by atoms with Gasteiger partial charge in [0.25, 0.3) is 0 Å². The van der Waals surface area contributed by atoms with Gasteiger partial charge in [0.15, 0.2) is 0 Å². The van der Waals surface area contributed by atoms with Crippen molar-refractivity contribution in [2.45, 2.75) is 51.0 Å². The summed E-state index contributed by atoms with van der Waals surface area (Å²) in [5, 5.41) is 3.14. The molecule has 2 aliphatic heterocycles. The number of nitrogens with zero attached hydrogens (tertiary/aromatic N) is 2. The summed E-state index contributed by atoms with van der Waals surface area (Å²) < 4.78 is 0. The number of benzene rings is 2. The first-order valence-corrected chi connectivity index (χ1v) is 11.5. The number of carbonyl (C=O) groups is 3. The van der Waals surface area contributed by atoms with Crippen LogP contribution >= 0.6 is 0 Å². The number of anilines is 1. The Labute approximate surface area is 189 Å². The maximum atomic E-state index is 13.6. The molecule has 2 aliphatic rings. The lowest BCUT2D eigenvalue weighted by atomic mass is 9.72. The van der Waals surface area contributed by atoms with Crippen LogP contribution < -0.4 is 5.32 Å². The zero-order chi connectivity index (χ0) is 22.6. The molecule has 168 valence electrons. The molecule has 2 fully saturated rings. The maximum Gasteiger partial charge on any atom is 0.235 e. The molecule has 0 bridgehead atoms. The first-order chi connectivity index (χ1) is 15.5. The summed E-state index contributed by atoms with van der Waals surface area (Å²) in [5.74, 6) is 0.205. The monoisotopic (exact) mass is 433 g/mol. The van der Waals surface area contributed by atoms with Crippen molar-refractivity contribution in [3.63, 3.8) is 0 Å². The molecule has 3 amide bonds. The first-order valence-electron chi connectivity index (χ1n) is 11.5. The molecule has 0 unspecified atom stereocenters. The van der Waals surface area contributed by atoms with E-state index in [1.54, 1.807) is 6.92 Å². The van der Waals surface area contributed by atoms with Crippen molar-refractivity contribution < 1.29 is 14.4 Å². The van der Waals surface area contributed by atoms with E-state index in [2.05, 4.69) is 5.32 Å². The molecule has 0 atom stereocenters. The molecule has 2 aromatic carbocycles. The van der Waals surface area contributed by atoms with Gasteiger partial charge in [0.2, 0.25) is 17.7 Å². The molecule has 4 rings (SSSR count). The van der Waals surface area contributed by atoms with Gasteiger partial charge in [-0.15, -0.1) is 0 Å². The quantitative estimate of drug-likeness (QED) is 0.781. The van der Waals surface area contributed by atoms with E-state index in [1.165, 1.54) is 0 Å². The van der Waals surface area contributed by atoms with Gasteiger partial charge in [0, 0.05) is 45.2 Å². The van der Waals surface area contributed by atoms with E-state index in [4.69, 9.17) is 0 Å². The Morgan fingerprint density at radius 3 is 2.41 bits per heavy atom. The fourth-order valence-corrected chi connectivity index (χ4v) is 4.85. The van der Waals surface area contributed by atoms with Crippen LogP contribution in [-0.4, -0.2) is 47.2 Å². The molecule has 0 aromatic heterocycles. The van der Waals surface area contributed by atoms with Gasteiger partial charge in [-0.25, -0.2) is 0 Å². The fourth-order valence-electron chi connectivity index (χ4n) is 4.85. The first kappa shape index (κ1) is 22.1. The molecule has 2 saturated heterocycles. The summed E-state index contributed by atoms with van der Waals surface area (Å²) in [6.45, 7) is 4.07. The predicted octanol–water partition coefficient (Wildman–Crippen LogP) is 3.72. The summed E-state index contributed by atoms with van der Waals surface area (Å²) in [6.07, 6.45) is 3.80. The average molecular weight is 434 g/mol. The van der Waals surface area contributed by atoms with Gasteiger partial charge >= 0.3 is 0 Å². The second kappa shape index (κ2) is 9.55. The standard InChI is InChI=1S/C26H31N3O3/c1-20(30)28-16-13-26(14-17-28,22-9-3-2-4-10-22)25(32)27-23-11-7-8-21(18-23)19-29-15-6-5-12-24(29)31/h2-4,7-11,18H,5-6,12-17,19H2,1H3,(H,27,32). The number of nitrogens with one attached hydrogen (secondary N) is 1. The van der Waals surface area contributed by atoms with Crippen LogP contribution in [0.2, 0.25) is 0 Å². The molecule has 2 heterocycles. The minimum atomic E-state index is -0.675. The second-order valence-electron chi connectivity index (χ2n) is 8.88. The van der Waals surface area contributed by atoms with Gasteiger partial charge in [0.05, 0.1) is 5.41 Å². The molecule has 6 heteroatoms. The zero-order valence-electron chi connectivity index (χ0n) is 18.7. The van der Waals surface area contributed by atoms with E-state index in [9.17, 15) is 14.4 Å². The van der Waals surface area contributed by atoms with Crippen molar-refractivity contribution in [2.24, 2.45) is 0 Å². The van der Waals surface area contributed by atoms with Crippen molar-refractivity contribution in [3.05, 3.63) is 65.7 Å². The van der Waals surface area contributed by atoms with Gasteiger partial charge < -0.3 is 15.1 Å². The topological polar surface area (TPSA) is 69.7 Å². The molecule has 32 heavy (non-hydrogen) atoms. The molecule has 0 radical (unpaired) electrons. The number of rotatable bonds is 5. The number of carbonyl (C=O) groups excluding carboxylic acids is 3. The molecule has 0 spiro atoms. The van der Waals surface area contributed by atoms with Gasteiger partial charge in [-0.2, -0.15) is 0 Å². The van der Waals surface area contributed by atoms with E-state index in [-0.39, 0.29) is 17.7 Å². The highest BCUT2D eigenvalue weighted by atomic mass is 16.2. The minimum absolute atomic E-state index is 0.0434. The van der Waals surface area contributed by atoms with E-state index in [0.717, 1.165) is 36.2 Å². The highest BCUT2D eigenvalue weighted by Crippen LogP contribution is 2.37. The SMILES string of the molecule is CC(=O)N1CCC(C(=O)Nc2cccc(CN3CCCCC3=O)c2)(c2ccccc2)CC1. The van der Waals surface area contributed by atoms with E-state index >= 15 is 0 Å². The average Bonchev–Trinajstić information content (AvgIpc) is 2.81. The lowest BCUT2D eigenvalue weighted by molar-refractivity contribution is -0.134. The van der Waals surface area contributed by atoms with Crippen LogP contribution in [0.3, 0.4) is 0 Å². The Bertz CT molecular complexity index is 981. The summed E-state index contributed by atoms with van der Waals surface area (Å²) in [4.78, 5) is 41.3. The molecular formula is C26H31N3O3. The van der Waals surface area contributed by atoms with Crippen molar-refractivity contribution >= 4 is 23.4 Å². The molecule has 0 saturated carbocycles. The van der Waals surface area contributed by atoms with Crippen molar-refractivity contribution in [1.29, 1.82) is 0 Å². The lowest BCUT2D eigenvalue weighted by Crippen LogP contribution is -2.50. The van der Waals surface area contributed by atoms with Crippen LogP contribution in [0, 0.1) is 0 Å². The maximum absolute atomic E-state index is 13.6. The van der Waals surface area contributed by atoms with Gasteiger partial charge in [0.1, 0.15) is 0 Å². The second-order valence-corrected chi connectivity index (χ2v) is 8.88. The predicted molar refractivity (Wildman–Crippen MR) is 124 cm³/mol. The lowest BCUT2D eigenvalue weighted by Gasteiger charge is -2.40. The largest absolute Gasteiger partial charge is 0.343 e. The van der Waals surface area contributed by atoms with Crippen LogP contribution in [0.4, 0.5) is 5.69 Å². The van der Waals surface area contributed by atoms with E-state index in [1.807, 2.05) is 64.4 Å². The summed E-state index contributed by atoms with van der Waals surface area (Å²) >= 11 is 0. The zero-order valence-corrected chi connectivity index (χ0v) is 18.7. The van der Waals surface area contributed by atoms with Crippen LogP contribution in [-0.2, 0) is 26.3 Å². The van der Waals surface area contributed by atoms with Crippen LogP contribution in [0.15, 0.2) is 54.6 Å². The van der Waals surface area contributed by atoms with Gasteiger partial charge in [-0.1, -0.05) is 42.5 Å². The third-order valence-corrected chi connectivity index (χ3v) is 6.80. The Kier molecular flexibility index (Phi) is 6.58. The van der Waals surface area contributed by atoms with E-state index in [0.29, 0.717) is 38.9 Å². The number of piperidine rings is 2. The van der Waals surface area contributed by atoms with Crippen molar-refractivity contribution in [3.8, 4) is 0 Å². The smallest absolute Gasteiger partial charge is 0.235 e. The van der Waals surface area contributed by atoms with Crippen LogP contribution in [0.5, 0.6) is 0 Å². The third kappa shape index (κ3) is 4.69. The molecule has 1 N–H and O–H groups in total. The number of likely N-dealkylation sites (tertiary alicyclic amines) is 2. The molecule has 6 nitrogen and oxygen atoms in total. The summed E-state index contributed by atoms with van der Waals surface area (Å²) in [5.41, 5.74) is 2.06. The van der Waals surface area contributed by atoms with Gasteiger partial charge in [-0.05, 0) is 48.9 Å². The summed E-state index contributed by atoms with van der Waals surface area (Å²) in [7, 11) is 0. The van der Waals surface area contributed by atoms with Crippen molar-refractivity contribution in [1.82, 2.24) is 9.80 Å². The fraction of sp³-hybridized carbons (Fsp3) is 0.423. The highest BCUT2D eigenvalue weighted by molar-refractivity contribution is 5.99.